The van der Waals surface area contributed by atoms with E-state index in [0.29, 0.717) is 23.8 Å². The predicted octanol–water partition coefficient (Wildman–Crippen LogP) is 1.30. The van der Waals surface area contributed by atoms with Crippen molar-refractivity contribution in [3.8, 4) is 0 Å². The van der Waals surface area contributed by atoms with Crippen LogP contribution in [0.3, 0.4) is 0 Å². The van der Waals surface area contributed by atoms with Gasteiger partial charge >= 0.3 is 0 Å². The third-order valence-electron chi connectivity index (χ3n) is 3.98. The molecule has 0 spiro atoms. The van der Waals surface area contributed by atoms with Crippen LogP contribution >= 0.6 is 12.2 Å². The summed E-state index contributed by atoms with van der Waals surface area (Å²) in [6, 6.07) is 6.50. The second-order valence-electron chi connectivity index (χ2n) is 7.09. The number of carbonyl (C=O) groups excluding carboxylic acids is 1. The van der Waals surface area contributed by atoms with Gasteiger partial charge in [0.1, 0.15) is 18.2 Å². The van der Waals surface area contributed by atoms with Crippen molar-refractivity contribution in [2.45, 2.75) is 46.4 Å². The number of nitrogens with one attached hydrogen (secondary N) is 1. The highest BCUT2D eigenvalue weighted by molar-refractivity contribution is 7.71. The highest BCUT2D eigenvalue weighted by atomic mass is 32.1. The zero-order valence-electron chi connectivity index (χ0n) is 15.5. The molecule has 1 aromatic carbocycles. The van der Waals surface area contributed by atoms with Crippen LogP contribution in [-0.4, -0.2) is 27.3 Å². The molecule has 142 valence electrons. The number of hydrogen-bond acceptors (Lipinski definition) is 3. The maximum atomic E-state index is 13.0. The average molecular weight is 381 g/mol. The van der Waals surface area contributed by atoms with Crippen molar-refractivity contribution >= 4 is 18.1 Å². The van der Waals surface area contributed by atoms with Crippen LogP contribution in [0.4, 0.5) is 4.39 Å². The van der Waals surface area contributed by atoms with Crippen LogP contribution in [0.25, 0.3) is 0 Å². The molecule has 0 aliphatic carbocycles. The first-order chi connectivity index (χ1) is 12.3. The quantitative estimate of drug-likeness (QED) is 0.644. The molecule has 2 aromatic rings. The van der Waals surface area contributed by atoms with Crippen LogP contribution < -0.4 is 10.6 Å². The molecular weight excluding hydrogens is 353 g/mol. The minimum atomic E-state index is -0.347. The van der Waals surface area contributed by atoms with Gasteiger partial charge in [-0.05, 0) is 30.3 Å². The molecule has 0 fully saturated rings. The molecule has 0 radical (unpaired) electrons. The van der Waals surface area contributed by atoms with Gasteiger partial charge in [0.15, 0.2) is 6.67 Å². The van der Waals surface area contributed by atoms with Crippen LogP contribution in [-0.2, 0) is 31.0 Å². The van der Waals surface area contributed by atoms with E-state index in [9.17, 15) is 9.18 Å². The first-order valence-electron chi connectivity index (χ1n) is 8.76. The topological polar surface area (TPSA) is 70.3 Å². The molecule has 2 rings (SSSR count). The number of halogens is 1. The lowest BCUT2D eigenvalue weighted by molar-refractivity contribution is -0.917. The normalized spacial score (nSPS) is 12.5. The Bertz CT molecular complexity index is 797. The third-order valence-corrected chi connectivity index (χ3v) is 4.41. The Labute approximate surface area is 158 Å². The summed E-state index contributed by atoms with van der Waals surface area (Å²) in [4.78, 5) is 12.3. The van der Waals surface area contributed by atoms with Crippen molar-refractivity contribution < 1.29 is 14.1 Å². The van der Waals surface area contributed by atoms with E-state index in [4.69, 9.17) is 18.0 Å². The number of aromatic nitrogens is 3. The van der Waals surface area contributed by atoms with E-state index < -0.39 is 0 Å². The Morgan fingerprint density at radius 2 is 2.00 bits per heavy atom. The Morgan fingerprint density at radius 3 is 2.58 bits per heavy atom. The standard InChI is InChI=1S/C18H26FN5OS/c1-13(2)10-23-17(9-8-16(20)25)21-24(18(23)26)12-22(3)11-14-4-6-15(19)7-5-14/h4-7,13H,8-12H2,1-3H3,(H2,20,25)/p+1. The lowest BCUT2D eigenvalue weighted by Crippen LogP contribution is -3.07. The van der Waals surface area contributed by atoms with Crippen LogP contribution in [0, 0.1) is 16.5 Å². The lowest BCUT2D eigenvalue weighted by Gasteiger charge is -2.14. The molecule has 0 aliphatic heterocycles. The fourth-order valence-corrected chi connectivity index (χ4v) is 3.10. The number of nitrogens with two attached hydrogens (primary N) is 1. The molecule has 1 amide bonds. The van der Waals surface area contributed by atoms with E-state index in [0.717, 1.165) is 24.5 Å². The minimum Gasteiger partial charge on any atom is -0.370 e. The highest BCUT2D eigenvalue weighted by Gasteiger charge is 2.15. The number of hydrogen-bond donors (Lipinski definition) is 2. The Balaban J connectivity index is 2.15. The molecular formula is C18H27FN5OS+. The molecule has 3 N–H and O–H groups in total. The van der Waals surface area contributed by atoms with Gasteiger partial charge in [-0.25, -0.2) is 4.39 Å². The Morgan fingerprint density at radius 1 is 1.35 bits per heavy atom. The van der Waals surface area contributed by atoms with E-state index in [-0.39, 0.29) is 18.1 Å². The van der Waals surface area contributed by atoms with Gasteiger partial charge in [0.25, 0.3) is 0 Å². The zero-order chi connectivity index (χ0) is 19.3. The fraction of sp³-hybridized carbons (Fsp3) is 0.500. The first-order valence-corrected chi connectivity index (χ1v) is 9.17. The third kappa shape index (κ3) is 5.74. The number of nitrogens with zero attached hydrogens (tertiary/aromatic N) is 3. The summed E-state index contributed by atoms with van der Waals surface area (Å²) in [5.74, 6) is 0.619. The summed E-state index contributed by atoms with van der Waals surface area (Å²) in [5, 5.41) is 4.62. The maximum absolute atomic E-state index is 13.0. The number of rotatable bonds is 9. The van der Waals surface area contributed by atoms with Gasteiger partial charge < -0.3 is 15.2 Å². The minimum absolute atomic E-state index is 0.236. The van der Waals surface area contributed by atoms with Gasteiger partial charge in [-0.2, -0.15) is 9.78 Å². The van der Waals surface area contributed by atoms with E-state index >= 15 is 0 Å². The second-order valence-corrected chi connectivity index (χ2v) is 7.45. The lowest BCUT2D eigenvalue weighted by atomic mass is 10.2. The van der Waals surface area contributed by atoms with Gasteiger partial charge in [0, 0.05) is 24.9 Å². The molecule has 0 bridgehead atoms. The summed E-state index contributed by atoms with van der Waals surface area (Å²) in [7, 11) is 2.04. The smallest absolute Gasteiger partial charge is 0.217 e. The molecule has 1 atom stereocenters. The van der Waals surface area contributed by atoms with Gasteiger partial charge in [0.05, 0.1) is 7.05 Å². The number of amides is 1. The molecule has 0 aliphatic rings. The van der Waals surface area contributed by atoms with E-state index in [1.54, 1.807) is 16.8 Å². The van der Waals surface area contributed by atoms with Crippen LogP contribution in [0.15, 0.2) is 24.3 Å². The summed E-state index contributed by atoms with van der Waals surface area (Å²) in [6.45, 7) is 6.30. The molecule has 1 heterocycles. The summed E-state index contributed by atoms with van der Waals surface area (Å²) >= 11 is 5.60. The summed E-state index contributed by atoms with van der Waals surface area (Å²) in [6.07, 6.45) is 0.734. The highest BCUT2D eigenvalue weighted by Crippen LogP contribution is 2.08. The molecule has 0 saturated heterocycles. The van der Waals surface area contributed by atoms with Crippen LogP contribution in [0.2, 0.25) is 0 Å². The van der Waals surface area contributed by atoms with Crippen molar-refractivity contribution in [2.75, 3.05) is 7.05 Å². The molecule has 26 heavy (non-hydrogen) atoms. The van der Waals surface area contributed by atoms with Crippen LogP contribution in [0.5, 0.6) is 0 Å². The van der Waals surface area contributed by atoms with E-state index in [2.05, 4.69) is 18.9 Å². The van der Waals surface area contributed by atoms with Crippen molar-refractivity contribution in [2.24, 2.45) is 11.7 Å². The maximum Gasteiger partial charge on any atom is 0.217 e. The number of quaternary nitrogens is 1. The molecule has 1 unspecified atom stereocenters. The van der Waals surface area contributed by atoms with Crippen molar-refractivity contribution in [1.29, 1.82) is 0 Å². The number of carbonyl (C=O) groups is 1. The molecule has 6 nitrogen and oxygen atoms in total. The summed E-state index contributed by atoms with van der Waals surface area (Å²) < 4.78 is 17.5. The molecule has 1 aromatic heterocycles. The first kappa shape index (κ1) is 20.3. The second kappa shape index (κ2) is 9.05. The van der Waals surface area contributed by atoms with Crippen LogP contribution in [0.1, 0.15) is 31.7 Å². The van der Waals surface area contributed by atoms with E-state index in [1.165, 1.54) is 17.0 Å². The average Bonchev–Trinajstić information content (AvgIpc) is 2.83. The zero-order valence-corrected chi connectivity index (χ0v) is 16.4. The Kier molecular flexibility index (Phi) is 7.05. The molecule has 8 heteroatoms. The predicted molar refractivity (Wildman–Crippen MR) is 100 cm³/mol. The molecule has 0 saturated carbocycles. The van der Waals surface area contributed by atoms with Gasteiger partial charge in [-0.1, -0.05) is 26.0 Å². The number of benzene rings is 1. The van der Waals surface area contributed by atoms with Crippen molar-refractivity contribution in [3.05, 3.63) is 46.2 Å². The largest absolute Gasteiger partial charge is 0.370 e. The summed E-state index contributed by atoms with van der Waals surface area (Å²) in [5.41, 5.74) is 6.32. The fourth-order valence-electron chi connectivity index (χ4n) is 2.82. The van der Waals surface area contributed by atoms with Crippen molar-refractivity contribution in [1.82, 2.24) is 14.3 Å². The van der Waals surface area contributed by atoms with Gasteiger partial charge in [-0.3, -0.25) is 4.79 Å². The number of primary amides is 1. The number of aryl methyl sites for hydroxylation is 1. The SMILES string of the molecule is CC(C)Cn1c(CCC(N)=O)nn(C[NH+](C)Cc2ccc(F)cc2)c1=S. The monoisotopic (exact) mass is 380 g/mol. The van der Waals surface area contributed by atoms with Gasteiger partial charge in [-0.15, -0.1) is 0 Å². The van der Waals surface area contributed by atoms with Crippen molar-refractivity contribution in [3.63, 3.8) is 0 Å². The Hall–Kier alpha value is -2.06. The van der Waals surface area contributed by atoms with E-state index in [1.807, 2.05) is 11.6 Å². The van der Waals surface area contributed by atoms with Gasteiger partial charge in [0.2, 0.25) is 10.7 Å².